The number of urea groups is 1. The molecule has 136 valence electrons. The number of aryl methyl sites for hydroxylation is 2. The van der Waals surface area contributed by atoms with Gasteiger partial charge in [-0.2, -0.15) is 0 Å². The van der Waals surface area contributed by atoms with Crippen LogP contribution in [0.15, 0.2) is 34.7 Å². The topological polar surface area (TPSA) is 83.7 Å². The Morgan fingerprint density at radius 1 is 1.24 bits per heavy atom. The second kappa shape index (κ2) is 8.07. The Hall–Kier alpha value is -2.47. The SMILES string of the molecule is CCOc1cc(C)ccc1CNC(=O)NCC(C)(O)c1ccc(C)o1. The molecule has 2 amide bonds. The fourth-order valence-corrected chi connectivity index (χ4v) is 2.40. The van der Waals surface area contributed by atoms with Crippen LogP contribution >= 0.6 is 0 Å². The molecule has 0 saturated heterocycles. The molecular weight excluding hydrogens is 320 g/mol. The van der Waals surface area contributed by atoms with Crippen molar-refractivity contribution in [1.82, 2.24) is 10.6 Å². The van der Waals surface area contributed by atoms with E-state index in [0.717, 1.165) is 16.9 Å². The van der Waals surface area contributed by atoms with Gasteiger partial charge in [0.25, 0.3) is 0 Å². The summed E-state index contributed by atoms with van der Waals surface area (Å²) in [7, 11) is 0. The Kier molecular flexibility index (Phi) is 6.09. The monoisotopic (exact) mass is 346 g/mol. The second-order valence-corrected chi connectivity index (χ2v) is 6.26. The summed E-state index contributed by atoms with van der Waals surface area (Å²) in [6, 6.07) is 8.96. The lowest BCUT2D eigenvalue weighted by atomic mass is 10.0. The Balaban J connectivity index is 1.89. The van der Waals surface area contributed by atoms with Crippen molar-refractivity contribution in [2.75, 3.05) is 13.2 Å². The van der Waals surface area contributed by atoms with Gasteiger partial charge in [0.05, 0.1) is 13.2 Å². The molecule has 2 rings (SSSR count). The first-order valence-corrected chi connectivity index (χ1v) is 8.35. The third-order valence-corrected chi connectivity index (χ3v) is 3.83. The quantitative estimate of drug-likeness (QED) is 0.720. The highest BCUT2D eigenvalue weighted by Crippen LogP contribution is 2.22. The van der Waals surface area contributed by atoms with Gasteiger partial charge >= 0.3 is 6.03 Å². The summed E-state index contributed by atoms with van der Waals surface area (Å²) in [6.45, 7) is 8.25. The Morgan fingerprint density at radius 2 is 2.00 bits per heavy atom. The number of amides is 2. The van der Waals surface area contributed by atoms with E-state index in [1.54, 1.807) is 26.0 Å². The number of ether oxygens (including phenoxy) is 1. The first-order chi connectivity index (χ1) is 11.8. The molecule has 0 radical (unpaired) electrons. The van der Waals surface area contributed by atoms with Gasteiger partial charge in [0, 0.05) is 12.1 Å². The molecule has 0 bridgehead atoms. The Morgan fingerprint density at radius 3 is 2.64 bits per heavy atom. The molecule has 6 nitrogen and oxygen atoms in total. The summed E-state index contributed by atoms with van der Waals surface area (Å²) >= 11 is 0. The minimum Gasteiger partial charge on any atom is -0.494 e. The van der Waals surface area contributed by atoms with E-state index in [-0.39, 0.29) is 12.6 Å². The average molecular weight is 346 g/mol. The molecule has 6 heteroatoms. The molecule has 1 atom stereocenters. The van der Waals surface area contributed by atoms with Crippen molar-refractivity contribution in [2.24, 2.45) is 0 Å². The molecule has 0 aliphatic carbocycles. The first-order valence-electron chi connectivity index (χ1n) is 8.35. The maximum absolute atomic E-state index is 12.0. The predicted octanol–water partition coefficient (Wildman–Crippen LogP) is 3.00. The molecule has 0 aliphatic rings. The number of aliphatic hydroxyl groups is 1. The molecule has 0 saturated carbocycles. The molecule has 1 heterocycles. The molecule has 0 spiro atoms. The van der Waals surface area contributed by atoms with Crippen molar-refractivity contribution < 1.29 is 19.1 Å². The van der Waals surface area contributed by atoms with Gasteiger partial charge in [-0.05, 0) is 51.5 Å². The molecule has 25 heavy (non-hydrogen) atoms. The number of benzene rings is 1. The van der Waals surface area contributed by atoms with Gasteiger partial charge < -0.3 is 24.9 Å². The lowest BCUT2D eigenvalue weighted by Gasteiger charge is -2.21. The molecule has 1 aromatic heterocycles. The average Bonchev–Trinajstić information content (AvgIpc) is 3.00. The van der Waals surface area contributed by atoms with E-state index in [1.807, 2.05) is 32.0 Å². The molecule has 1 aromatic carbocycles. The molecule has 0 fully saturated rings. The number of furan rings is 1. The van der Waals surface area contributed by atoms with Crippen molar-refractivity contribution in [3.05, 3.63) is 53.0 Å². The summed E-state index contributed by atoms with van der Waals surface area (Å²) in [6.07, 6.45) is 0. The second-order valence-electron chi connectivity index (χ2n) is 6.26. The van der Waals surface area contributed by atoms with Crippen LogP contribution in [-0.2, 0) is 12.1 Å². The van der Waals surface area contributed by atoms with Crippen LogP contribution in [0.5, 0.6) is 5.75 Å². The van der Waals surface area contributed by atoms with E-state index in [2.05, 4.69) is 10.6 Å². The van der Waals surface area contributed by atoms with Crippen molar-refractivity contribution in [1.29, 1.82) is 0 Å². The molecular formula is C19H26N2O4. The number of hydrogen-bond acceptors (Lipinski definition) is 4. The third-order valence-electron chi connectivity index (χ3n) is 3.83. The van der Waals surface area contributed by atoms with E-state index in [4.69, 9.17) is 9.15 Å². The summed E-state index contributed by atoms with van der Waals surface area (Å²) in [5, 5.41) is 15.9. The highest BCUT2D eigenvalue weighted by molar-refractivity contribution is 5.74. The highest BCUT2D eigenvalue weighted by Gasteiger charge is 2.27. The molecule has 1 unspecified atom stereocenters. The summed E-state index contributed by atoms with van der Waals surface area (Å²) in [5.41, 5.74) is 0.726. The zero-order valence-corrected chi connectivity index (χ0v) is 15.2. The third kappa shape index (κ3) is 5.26. The summed E-state index contributed by atoms with van der Waals surface area (Å²) in [4.78, 5) is 12.0. The van der Waals surface area contributed by atoms with Crippen LogP contribution in [0.3, 0.4) is 0 Å². The van der Waals surface area contributed by atoms with Crippen LogP contribution in [0.25, 0.3) is 0 Å². The van der Waals surface area contributed by atoms with Gasteiger partial charge in [-0.3, -0.25) is 0 Å². The van der Waals surface area contributed by atoms with E-state index < -0.39 is 5.60 Å². The smallest absolute Gasteiger partial charge is 0.315 e. The fourth-order valence-electron chi connectivity index (χ4n) is 2.40. The zero-order chi connectivity index (χ0) is 18.4. The zero-order valence-electron chi connectivity index (χ0n) is 15.2. The van der Waals surface area contributed by atoms with Crippen molar-refractivity contribution in [2.45, 2.75) is 39.8 Å². The van der Waals surface area contributed by atoms with Crippen molar-refractivity contribution in [3.8, 4) is 5.75 Å². The molecule has 2 aromatic rings. The number of nitrogens with one attached hydrogen (secondary N) is 2. The number of rotatable bonds is 7. The Bertz CT molecular complexity index is 722. The van der Waals surface area contributed by atoms with Crippen LogP contribution in [0, 0.1) is 13.8 Å². The summed E-state index contributed by atoms with van der Waals surface area (Å²) in [5.74, 6) is 1.89. The minimum absolute atomic E-state index is 0.0397. The summed E-state index contributed by atoms with van der Waals surface area (Å²) < 4.78 is 11.0. The maximum Gasteiger partial charge on any atom is 0.315 e. The van der Waals surface area contributed by atoms with E-state index in [1.165, 1.54) is 0 Å². The highest BCUT2D eigenvalue weighted by atomic mass is 16.5. The van der Waals surface area contributed by atoms with E-state index in [9.17, 15) is 9.90 Å². The minimum atomic E-state index is -1.27. The van der Waals surface area contributed by atoms with Gasteiger partial charge in [-0.15, -0.1) is 0 Å². The standard InChI is InChI=1S/C19H26N2O4/c1-5-24-16-10-13(2)6-8-15(16)11-20-18(22)21-12-19(4,23)17-9-7-14(3)25-17/h6-10,23H,5,11-12H2,1-4H3,(H2,20,21,22). The van der Waals surface area contributed by atoms with Gasteiger partial charge in [-0.1, -0.05) is 12.1 Å². The lowest BCUT2D eigenvalue weighted by molar-refractivity contribution is 0.0359. The van der Waals surface area contributed by atoms with Gasteiger partial charge in [0.1, 0.15) is 22.9 Å². The van der Waals surface area contributed by atoms with E-state index in [0.29, 0.717) is 24.7 Å². The van der Waals surface area contributed by atoms with Crippen LogP contribution < -0.4 is 15.4 Å². The Labute approximate surface area is 148 Å². The van der Waals surface area contributed by atoms with Crippen LogP contribution in [0.2, 0.25) is 0 Å². The van der Waals surface area contributed by atoms with Gasteiger partial charge in [0.15, 0.2) is 0 Å². The molecule has 0 aliphatic heterocycles. The number of carbonyl (C=O) groups is 1. The van der Waals surface area contributed by atoms with Gasteiger partial charge in [-0.25, -0.2) is 4.79 Å². The fraction of sp³-hybridized carbons (Fsp3) is 0.421. The lowest BCUT2D eigenvalue weighted by Crippen LogP contribution is -2.43. The first kappa shape index (κ1) is 18.9. The van der Waals surface area contributed by atoms with Crippen LogP contribution in [0.1, 0.15) is 36.5 Å². The predicted molar refractivity (Wildman–Crippen MR) is 95.6 cm³/mol. The largest absolute Gasteiger partial charge is 0.494 e. The van der Waals surface area contributed by atoms with Crippen molar-refractivity contribution in [3.63, 3.8) is 0 Å². The maximum atomic E-state index is 12.0. The van der Waals surface area contributed by atoms with Gasteiger partial charge in [0.2, 0.25) is 0 Å². The van der Waals surface area contributed by atoms with Crippen LogP contribution in [-0.4, -0.2) is 24.3 Å². The number of carbonyl (C=O) groups excluding carboxylic acids is 1. The van der Waals surface area contributed by atoms with Crippen LogP contribution in [0.4, 0.5) is 4.79 Å². The van der Waals surface area contributed by atoms with Crippen molar-refractivity contribution >= 4 is 6.03 Å². The number of hydrogen-bond donors (Lipinski definition) is 3. The van der Waals surface area contributed by atoms with E-state index >= 15 is 0 Å². The molecule has 3 N–H and O–H groups in total. The normalized spacial score (nSPS) is 13.2.